The summed E-state index contributed by atoms with van der Waals surface area (Å²) in [6.45, 7) is 6.63. The number of nitrogens with zero attached hydrogens (tertiary/aromatic N) is 2. The van der Waals surface area contributed by atoms with E-state index >= 15 is 0 Å². The molecule has 0 bridgehead atoms. The van der Waals surface area contributed by atoms with E-state index in [0.29, 0.717) is 17.2 Å². The lowest BCUT2D eigenvalue weighted by Gasteiger charge is -2.19. The molecule has 2 amide bonds. The lowest BCUT2D eigenvalue weighted by atomic mass is 10.0. The van der Waals surface area contributed by atoms with Gasteiger partial charge in [-0.25, -0.2) is 4.79 Å². The van der Waals surface area contributed by atoms with Crippen molar-refractivity contribution >= 4 is 11.7 Å². The number of ether oxygens (including phenoxy) is 2. The number of anilines is 1. The predicted octanol–water partition coefficient (Wildman–Crippen LogP) is 3.11. The summed E-state index contributed by atoms with van der Waals surface area (Å²) in [5, 5.41) is 9.82. The molecule has 0 saturated heterocycles. The van der Waals surface area contributed by atoms with E-state index in [1.54, 1.807) is 31.3 Å². The number of hydrogen-bond donors (Lipinski definition) is 2. The fraction of sp³-hybridized carbons (Fsp3) is 0.412. The second-order valence-corrected chi connectivity index (χ2v) is 5.47. The molecule has 130 valence electrons. The Morgan fingerprint density at radius 1 is 1.29 bits per heavy atom. The van der Waals surface area contributed by atoms with E-state index in [1.165, 1.54) is 0 Å². The number of aromatic nitrogens is 2. The number of nitrogens with one attached hydrogen (secondary N) is 2. The molecule has 2 aromatic rings. The first-order chi connectivity index (χ1) is 11.5. The highest BCUT2D eigenvalue weighted by Crippen LogP contribution is 2.32. The van der Waals surface area contributed by atoms with E-state index in [9.17, 15) is 4.79 Å². The number of carbonyl (C=O) groups excluding carboxylic acids is 1. The Bertz CT molecular complexity index is 712. The Balaban J connectivity index is 2.08. The predicted molar refractivity (Wildman–Crippen MR) is 92.8 cm³/mol. The summed E-state index contributed by atoms with van der Waals surface area (Å²) < 4.78 is 12.4. The van der Waals surface area contributed by atoms with Crippen LogP contribution in [0.15, 0.2) is 24.5 Å². The monoisotopic (exact) mass is 332 g/mol. The van der Waals surface area contributed by atoms with Crippen LogP contribution in [-0.4, -0.2) is 30.0 Å². The summed E-state index contributed by atoms with van der Waals surface area (Å²) in [6.07, 6.45) is 3.40. The first kappa shape index (κ1) is 17.7. The molecule has 1 aromatic carbocycles. The third kappa shape index (κ3) is 3.98. The quantitative estimate of drug-likeness (QED) is 0.852. The number of urea groups is 1. The maximum atomic E-state index is 12.2. The van der Waals surface area contributed by atoms with Crippen LogP contribution in [0.25, 0.3) is 0 Å². The van der Waals surface area contributed by atoms with Crippen molar-refractivity contribution in [2.45, 2.75) is 33.4 Å². The molecule has 7 heteroatoms. The van der Waals surface area contributed by atoms with Crippen LogP contribution in [-0.2, 0) is 6.54 Å². The summed E-state index contributed by atoms with van der Waals surface area (Å²) in [6, 6.07) is 3.31. The average Bonchev–Trinajstić information content (AvgIpc) is 3.01. The van der Waals surface area contributed by atoms with Gasteiger partial charge in [0.25, 0.3) is 0 Å². The Hall–Kier alpha value is -2.70. The van der Waals surface area contributed by atoms with Gasteiger partial charge in [0.1, 0.15) is 0 Å². The Morgan fingerprint density at radius 3 is 2.54 bits per heavy atom. The number of carbonyl (C=O) groups is 1. The Morgan fingerprint density at radius 2 is 1.96 bits per heavy atom. The van der Waals surface area contributed by atoms with Crippen LogP contribution in [0.3, 0.4) is 0 Å². The van der Waals surface area contributed by atoms with Crippen LogP contribution < -0.4 is 20.1 Å². The van der Waals surface area contributed by atoms with Crippen molar-refractivity contribution in [2.24, 2.45) is 0 Å². The van der Waals surface area contributed by atoms with Crippen molar-refractivity contribution in [1.82, 2.24) is 15.1 Å². The maximum Gasteiger partial charge on any atom is 0.319 e. The summed E-state index contributed by atoms with van der Waals surface area (Å²) in [4.78, 5) is 12.2. The van der Waals surface area contributed by atoms with Crippen molar-refractivity contribution in [3.8, 4) is 11.5 Å². The van der Waals surface area contributed by atoms with Gasteiger partial charge < -0.3 is 20.1 Å². The number of amides is 2. The van der Waals surface area contributed by atoms with Crippen molar-refractivity contribution in [3.63, 3.8) is 0 Å². The molecule has 0 saturated carbocycles. The summed E-state index contributed by atoms with van der Waals surface area (Å²) in [5.74, 6) is 1.30. The average molecular weight is 332 g/mol. The number of methoxy groups -OCH3 is 2. The lowest BCUT2D eigenvalue weighted by Crippen LogP contribution is -2.31. The molecule has 0 fully saturated rings. The summed E-state index contributed by atoms with van der Waals surface area (Å²) >= 11 is 0. The van der Waals surface area contributed by atoms with Gasteiger partial charge in [0.05, 0.1) is 32.1 Å². The minimum atomic E-state index is -0.285. The molecular formula is C17H24N4O3. The largest absolute Gasteiger partial charge is 0.493 e. The standard InChI is InChI=1S/C17H24N4O3/c1-6-21-10-13(9-18-21)20-17(22)19-12(3)14-8-16(24-5)15(23-4)7-11(14)2/h7-10,12H,6H2,1-5H3,(H2,19,20,22)/t12-/m0/s1. The van der Waals surface area contributed by atoms with Gasteiger partial charge >= 0.3 is 6.03 Å². The number of rotatable bonds is 6. The third-order valence-corrected chi connectivity index (χ3v) is 3.80. The fourth-order valence-electron chi connectivity index (χ4n) is 2.51. The zero-order valence-corrected chi connectivity index (χ0v) is 14.7. The molecule has 0 radical (unpaired) electrons. The van der Waals surface area contributed by atoms with Crippen LogP contribution >= 0.6 is 0 Å². The van der Waals surface area contributed by atoms with Crippen LogP contribution in [0.5, 0.6) is 11.5 Å². The molecule has 1 heterocycles. The highest BCUT2D eigenvalue weighted by atomic mass is 16.5. The Kier molecular flexibility index (Phi) is 5.68. The van der Waals surface area contributed by atoms with Gasteiger partial charge in [0, 0.05) is 12.7 Å². The van der Waals surface area contributed by atoms with Gasteiger partial charge in [-0.05, 0) is 44.0 Å². The maximum absolute atomic E-state index is 12.2. The first-order valence-corrected chi connectivity index (χ1v) is 7.81. The Labute approximate surface area is 142 Å². The third-order valence-electron chi connectivity index (χ3n) is 3.80. The SMILES string of the molecule is CCn1cc(NC(=O)N[C@@H](C)c2cc(OC)c(OC)cc2C)cn1. The van der Waals surface area contributed by atoms with Gasteiger partial charge in [-0.1, -0.05) is 0 Å². The normalized spacial score (nSPS) is 11.7. The molecule has 2 rings (SSSR count). The number of aryl methyl sites for hydroxylation is 2. The minimum absolute atomic E-state index is 0.189. The molecular weight excluding hydrogens is 308 g/mol. The number of benzene rings is 1. The summed E-state index contributed by atoms with van der Waals surface area (Å²) in [7, 11) is 3.19. The van der Waals surface area contributed by atoms with E-state index in [1.807, 2.05) is 32.9 Å². The van der Waals surface area contributed by atoms with Crippen molar-refractivity contribution in [3.05, 3.63) is 35.7 Å². The molecule has 0 unspecified atom stereocenters. The van der Waals surface area contributed by atoms with Crippen molar-refractivity contribution < 1.29 is 14.3 Å². The van der Waals surface area contributed by atoms with Crippen LogP contribution in [0.1, 0.15) is 31.0 Å². The first-order valence-electron chi connectivity index (χ1n) is 7.81. The zero-order valence-electron chi connectivity index (χ0n) is 14.7. The van der Waals surface area contributed by atoms with E-state index in [2.05, 4.69) is 15.7 Å². The van der Waals surface area contributed by atoms with E-state index in [-0.39, 0.29) is 12.1 Å². The molecule has 2 N–H and O–H groups in total. The second-order valence-electron chi connectivity index (χ2n) is 5.47. The van der Waals surface area contributed by atoms with Gasteiger partial charge in [0.2, 0.25) is 0 Å². The van der Waals surface area contributed by atoms with E-state index in [0.717, 1.165) is 17.7 Å². The highest BCUT2D eigenvalue weighted by Gasteiger charge is 2.16. The van der Waals surface area contributed by atoms with Crippen LogP contribution in [0.4, 0.5) is 10.5 Å². The highest BCUT2D eigenvalue weighted by molar-refractivity contribution is 5.89. The van der Waals surface area contributed by atoms with Crippen molar-refractivity contribution in [1.29, 1.82) is 0 Å². The van der Waals surface area contributed by atoms with Crippen LogP contribution in [0.2, 0.25) is 0 Å². The van der Waals surface area contributed by atoms with Gasteiger partial charge in [-0.15, -0.1) is 0 Å². The fourth-order valence-corrected chi connectivity index (χ4v) is 2.51. The van der Waals surface area contributed by atoms with Gasteiger partial charge in [-0.2, -0.15) is 5.10 Å². The summed E-state index contributed by atoms with van der Waals surface area (Å²) in [5.41, 5.74) is 2.64. The van der Waals surface area contributed by atoms with Gasteiger partial charge in [0.15, 0.2) is 11.5 Å². The molecule has 0 aliphatic rings. The smallest absolute Gasteiger partial charge is 0.319 e. The molecule has 0 aliphatic heterocycles. The molecule has 0 aliphatic carbocycles. The van der Waals surface area contributed by atoms with Gasteiger partial charge in [-0.3, -0.25) is 4.68 Å². The molecule has 24 heavy (non-hydrogen) atoms. The lowest BCUT2D eigenvalue weighted by molar-refractivity contribution is 0.249. The molecule has 7 nitrogen and oxygen atoms in total. The zero-order chi connectivity index (χ0) is 17.7. The topological polar surface area (TPSA) is 77.4 Å². The van der Waals surface area contributed by atoms with E-state index < -0.39 is 0 Å². The minimum Gasteiger partial charge on any atom is -0.493 e. The second kappa shape index (κ2) is 7.72. The number of hydrogen-bond acceptors (Lipinski definition) is 4. The molecule has 1 atom stereocenters. The van der Waals surface area contributed by atoms with Crippen LogP contribution in [0, 0.1) is 6.92 Å². The molecule has 1 aromatic heterocycles. The molecule has 0 spiro atoms. The van der Waals surface area contributed by atoms with E-state index in [4.69, 9.17) is 9.47 Å². The van der Waals surface area contributed by atoms with Crippen molar-refractivity contribution in [2.75, 3.05) is 19.5 Å².